The molecule has 0 aromatic carbocycles. The van der Waals surface area contributed by atoms with Gasteiger partial charge in [0.25, 0.3) is 0 Å². The molecule has 0 aliphatic heterocycles. The summed E-state index contributed by atoms with van der Waals surface area (Å²) in [7, 11) is 0. The van der Waals surface area contributed by atoms with E-state index in [-0.39, 0.29) is 25.0 Å². The van der Waals surface area contributed by atoms with Crippen molar-refractivity contribution in [3.8, 4) is 5.88 Å². The number of ether oxygens (including phenoxy) is 1. The zero-order valence-electron chi connectivity index (χ0n) is 8.65. The first-order chi connectivity index (χ1) is 7.06. The lowest BCUT2D eigenvalue weighted by Gasteiger charge is -2.05. The molecule has 0 saturated carbocycles. The summed E-state index contributed by atoms with van der Waals surface area (Å²) in [6.07, 6.45) is 1.27. The minimum Gasteiger partial charge on any atom is -0.474 e. The van der Waals surface area contributed by atoms with E-state index in [2.05, 4.69) is 5.10 Å². The van der Waals surface area contributed by atoms with E-state index in [9.17, 15) is 8.78 Å². The molecule has 0 spiro atoms. The van der Waals surface area contributed by atoms with Gasteiger partial charge in [0.1, 0.15) is 6.61 Å². The van der Waals surface area contributed by atoms with E-state index < -0.39 is 6.55 Å². The number of nitrogens with zero attached hydrogens (tertiary/aromatic N) is 2. The van der Waals surface area contributed by atoms with Crippen molar-refractivity contribution in [1.82, 2.24) is 9.78 Å². The van der Waals surface area contributed by atoms with Crippen molar-refractivity contribution in [3.05, 3.63) is 11.8 Å². The number of aliphatic hydroxyl groups is 1. The summed E-state index contributed by atoms with van der Waals surface area (Å²) in [4.78, 5) is 0. The van der Waals surface area contributed by atoms with Gasteiger partial charge in [0, 0.05) is 11.8 Å². The van der Waals surface area contributed by atoms with E-state index >= 15 is 0 Å². The molecule has 1 N–H and O–H groups in total. The van der Waals surface area contributed by atoms with Crippen LogP contribution >= 0.6 is 0 Å². The summed E-state index contributed by atoms with van der Waals surface area (Å²) in [6, 6.07) is 0. The van der Waals surface area contributed by atoms with Crippen LogP contribution in [-0.2, 0) is 0 Å². The van der Waals surface area contributed by atoms with Crippen molar-refractivity contribution >= 4 is 0 Å². The van der Waals surface area contributed by atoms with Gasteiger partial charge in [0.05, 0.1) is 6.61 Å². The van der Waals surface area contributed by atoms with Gasteiger partial charge in [0.15, 0.2) is 0 Å². The second-order valence-corrected chi connectivity index (χ2v) is 3.37. The second kappa shape index (κ2) is 5.06. The van der Waals surface area contributed by atoms with Crippen LogP contribution in [-0.4, -0.2) is 28.1 Å². The van der Waals surface area contributed by atoms with Crippen molar-refractivity contribution < 1.29 is 18.6 Å². The molecule has 6 heteroatoms. The Bertz CT molecular complexity index is 313. The second-order valence-electron chi connectivity index (χ2n) is 3.37. The van der Waals surface area contributed by atoms with E-state index in [0.717, 1.165) is 0 Å². The van der Waals surface area contributed by atoms with Crippen LogP contribution in [0.5, 0.6) is 5.88 Å². The number of halogens is 2. The van der Waals surface area contributed by atoms with Gasteiger partial charge in [-0.15, -0.1) is 5.10 Å². The van der Waals surface area contributed by atoms with Crippen LogP contribution < -0.4 is 4.74 Å². The number of hydrogen-bond donors (Lipinski definition) is 1. The van der Waals surface area contributed by atoms with Gasteiger partial charge < -0.3 is 9.84 Å². The molecule has 1 aromatic heterocycles. The lowest BCUT2D eigenvalue weighted by atomic mass is 10.1. The Hall–Kier alpha value is -1.17. The van der Waals surface area contributed by atoms with Crippen molar-refractivity contribution in [2.75, 3.05) is 13.2 Å². The molecule has 0 fully saturated rings. The van der Waals surface area contributed by atoms with Gasteiger partial charge in [-0.05, 0) is 5.92 Å². The van der Waals surface area contributed by atoms with E-state index in [1.54, 1.807) is 0 Å². The van der Waals surface area contributed by atoms with E-state index in [1.165, 1.54) is 6.20 Å². The average molecular weight is 220 g/mol. The predicted molar refractivity (Wildman–Crippen MR) is 50.1 cm³/mol. The van der Waals surface area contributed by atoms with Crippen LogP contribution in [0.2, 0.25) is 0 Å². The van der Waals surface area contributed by atoms with Crippen molar-refractivity contribution in [2.24, 2.45) is 0 Å². The molecule has 0 aliphatic rings. The van der Waals surface area contributed by atoms with Crippen LogP contribution in [0.25, 0.3) is 0 Å². The van der Waals surface area contributed by atoms with E-state index in [1.807, 2.05) is 13.8 Å². The molecule has 0 aliphatic carbocycles. The number of rotatable bonds is 5. The normalized spacial score (nSPS) is 11.4. The standard InChI is InChI=1S/C9H14F2N2O2/c1-6(2)7-5-13(9(10)11)12-8(7)15-4-3-14/h5-6,9,14H,3-4H2,1-2H3. The number of aliphatic hydroxyl groups excluding tert-OH is 1. The van der Waals surface area contributed by atoms with Gasteiger partial charge in [-0.25, -0.2) is 4.68 Å². The molecule has 4 nitrogen and oxygen atoms in total. The summed E-state index contributed by atoms with van der Waals surface area (Å²) in [5.41, 5.74) is 0.615. The Kier molecular flexibility index (Phi) is 4.02. The van der Waals surface area contributed by atoms with Crippen LogP contribution in [0, 0.1) is 0 Å². The largest absolute Gasteiger partial charge is 0.474 e. The van der Waals surface area contributed by atoms with Gasteiger partial charge >= 0.3 is 6.55 Å². The third-order valence-corrected chi connectivity index (χ3v) is 1.88. The molecule has 0 bridgehead atoms. The van der Waals surface area contributed by atoms with Crippen LogP contribution in [0.4, 0.5) is 8.78 Å². The zero-order valence-corrected chi connectivity index (χ0v) is 8.65. The smallest absolute Gasteiger partial charge is 0.333 e. The summed E-state index contributed by atoms with van der Waals surface area (Å²) >= 11 is 0. The lowest BCUT2D eigenvalue weighted by Crippen LogP contribution is -2.05. The first-order valence-electron chi connectivity index (χ1n) is 4.67. The number of aromatic nitrogens is 2. The fourth-order valence-electron chi connectivity index (χ4n) is 1.14. The SMILES string of the molecule is CC(C)c1cn(C(F)F)nc1OCCO. The third-order valence-electron chi connectivity index (χ3n) is 1.88. The predicted octanol–water partition coefficient (Wildman–Crippen LogP) is 1.77. The zero-order chi connectivity index (χ0) is 11.4. The number of alkyl halides is 2. The molecular weight excluding hydrogens is 206 g/mol. The van der Waals surface area contributed by atoms with Gasteiger partial charge in [0.2, 0.25) is 5.88 Å². The fraction of sp³-hybridized carbons (Fsp3) is 0.667. The van der Waals surface area contributed by atoms with Gasteiger partial charge in [-0.2, -0.15) is 8.78 Å². The van der Waals surface area contributed by atoms with E-state index in [0.29, 0.717) is 10.2 Å². The maximum absolute atomic E-state index is 12.3. The van der Waals surface area contributed by atoms with Crippen molar-refractivity contribution in [2.45, 2.75) is 26.3 Å². The highest BCUT2D eigenvalue weighted by Gasteiger charge is 2.17. The Morgan fingerprint density at radius 3 is 2.67 bits per heavy atom. The molecule has 1 aromatic rings. The molecule has 1 heterocycles. The molecule has 0 saturated heterocycles. The Morgan fingerprint density at radius 2 is 2.20 bits per heavy atom. The molecule has 15 heavy (non-hydrogen) atoms. The monoisotopic (exact) mass is 220 g/mol. The Labute approximate surface area is 86.5 Å². The first kappa shape index (κ1) is 11.9. The lowest BCUT2D eigenvalue weighted by molar-refractivity contribution is 0.0546. The topological polar surface area (TPSA) is 47.3 Å². The maximum atomic E-state index is 12.3. The van der Waals surface area contributed by atoms with Gasteiger partial charge in [-0.3, -0.25) is 0 Å². The third kappa shape index (κ3) is 2.89. The molecule has 0 radical (unpaired) electrons. The van der Waals surface area contributed by atoms with Gasteiger partial charge in [-0.1, -0.05) is 13.8 Å². The summed E-state index contributed by atoms with van der Waals surface area (Å²) in [6.45, 7) is 0.935. The highest BCUT2D eigenvalue weighted by Crippen LogP contribution is 2.26. The average Bonchev–Trinajstić information content (AvgIpc) is 2.58. The van der Waals surface area contributed by atoms with E-state index in [4.69, 9.17) is 9.84 Å². The molecule has 0 unspecified atom stereocenters. The minimum atomic E-state index is -2.67. The highest BCUT2D eigenvalue weighted by molar-refractivity contribution is 5.26. The Morgan fingerprint density at radius 1 is 1.53 bits per heavy atom. The summed E-state index contributed by atoms with van der Waals surface area (Å²) < 4.78 is 30.3. The minimum absolute atomic E-state index is 0.0474. The molecule has 86 valence electrons. The number of hydrogen-bond acceptors (Lipinski definition) is 3. The summed E-state index contributed by atoms with van der Waals surface area (Å²) in [5, 5.41) is 12.2. The molecule has 1 rings (SSSR count). The first-order valence-corrected chi connectivity index (χ1v) is 4.67. The van der Waals surface area contributed by atoms with Crippen LogP contribution in [0.3, 0.4) is 0 Å². The molecule has 0 amide bonds. The van der Waals surface area contributed by atoms with Crippen molar-refractivity contribution in [3.63, 3.8) is 0 Å². The van der Waals surface area contributed by atoms with Crippen molar-refractivity contribution in [1.29, 1.82) is 0 Å². The quantitative estimate of drug-likeness (QED) is 0.822. The highest BCUT2D eigenvalue weighted by atomic mass is 19.3. The Balaban J connectivity index is 2.90. The summed E-state index contributed by atoms with van der Waals surface area (Å²) in [5.74, 6) is 0.213. The molecule has 0 atom stereocenters. The van der Waals surface area contributed by atoms with Crippen LogP contribution in [0.1, 0.15) is 31.9 Å². The van der Waals surface area contributed by atoms with Crippen LogP contribution in [0.15, 0.2) is 6.20 Å². The fourth-order valence-corrected chi connectivity index (χ4v) is 1.14. The maximum Gasteiger partial charge on any atom is 0.333 e. The molecular formula is C9H14F2N2O2.